The second kappa shape index (κ2) is 6.36. The van der Waals surface area contributed by atoms with Crippen LogP contribution in [-0.2, 0) is 18.3 Å². The normalized spacial score (nSPS) is 12.5. The van der Waals surface area contributed by atoms with Crippen molar-refractivity contribution in [1.82, 2.24) is 15.1 Å². The molecule has 1 amide bonds. The number of carbonyl (C=O) groups excluding carboxylic acids is 1. The Hall–Kier alpha value is -1.85. The Morgan fingerprint density at radius 3 is 2.53 bits per heavy atom. The Bertz CT molecular complexity index is 466. The van der Waals surface area contributed by atoms with Crippen LogP contribution in [0.3, 0.4) is 0 Å². The van der Waals surface area contributed by atoms with Crippen LogP contribution in [0.15, 0.2) is 6.07 Å². The van der Waals surface area contributed by atoms with E-state index in [9.17, 15) is 9.59 Å². The lowest BCUT2D eigenvalue weighted by atomic mass is 10.0. The number of hydrogen-bond donors (Lipinski definition) is 2. The number of nitrogens with zero attached hydrogens (tertiary/aromatic N) is 2. The van der Waals surface area contributed by atoms with Crippen LogP contribution in [0.25, 0.3) is 0 Å². The number of aliphatic carboxylic acids is 1. The summed E-state index contributed by atoms with van der Waals surface area (Å²) in [6.07, 6.45) is 0.672. The Morgan fingerprint density at radius 2 is 2.11 bits per heavy atom. The van der Waals surface area contributed by atoms with Crippen molar-refractivity contribution in [3.8, 4) is 0 Å². The van der Waals surface area contributed by atoms with E-state index in [4.69, 9.17) is 5.11 Å². The topological polar surface area (TPSA) is 84.2 Å². The minimum Gasteiger partial charge on any atom is -0.481 e. The zero-order chi connectivity index (χ0) is 14.6. The van der Waals surface area contributed by atoms with Gasteiger partial charge in [-0.05, 0) is 18.4 Å². The van der Waals surface area contributed by atoms with Gasteiger partial charge in [0, 0.05) is 13.1 Å². The second-order valence-electron chi connectivity index (χ2n) is 4.92. The number of nitrogens with one attached hydrogen (secondary N) is 1. The number of carboxylic acid groups (broad SMARTS) is 1. The highest BCUT2D eigenvalue weighted by atomic mass is 16.4. The Balaban J connectivity index is 2.81. The van der Waals surface area contributed by atoms with E-state index in [0.717, 1.165) is 12.1 Å². The van der Waals surface area contributed by atoms with E-state index in [2.05, 4.69) is 10.4 Å². The fourth-order valence-corrected chi connectivity index (χ4v) is 1.80. The second-order valence-corrected chi connectivity index (χ2v) is 4.92. The maximum Gasteiger partial charge on any atom is 0.305 e. The lowest BCUT2D eigenvalue weighted by Crippen LogP contribution is -2.40. The van der Waals surface area contributed by atoms with Crippen molar-refractivity contribution in [2.45, 2.75) is 39.7 Å². The molecule has 1 aromatic heterocycles. The summed E-state index contributed by atoms with van der Waals surface area (Å²) in [6.45, 7) is 5.73. The third-order valence-electron chi connectivity index (χ3n) is 3.04. The summed E-state index contributed by atoms with van der Waals surface area (Å²) in [4.78, 5) is 22.9. The molecule has 0 aromatic carbocycles. The third-order valence-corrected chi connectivity index (χ3v) is 3.04. The number of carboxylic acids is 1. The molecule has 106 valence electrons. The van der Waals surface area contributed by atoms with E-state index in [1.54, 1.807) is 13.1 Å². The molecule has 1 atom stereocenters. The van der Waals surface area contributed by atoms with Gasteiger partial charge in [0.2, 0.25) is 0 Å². The maximum atomic E-state index is 12.1. The molecular formula is C13H21N3O3. The van der Waals surface area contributed by atoms with Gasteiger partial charge < -0.3 is 10.4 Å². The van der Waals surface area contributed by atoms with Crippen LogP contribution in [0.2, 0.25) is 0 Å². The first kappa shape index (κ1) is 15.2. The van der Waals surface area contributed by atoms with E-state index >= 15 is 0 Å². The van der Waals surface area contributed by atoms with Crippen LogP contribution >= 0.6 is 0 Å². The van der Waals surface area contributed by atoms with Crippen LogP contribution in [0, 0.1) is 5.92 Å². The van der Waals surface area contributed by atoms with Gasteiger partial charge in [0.1, 0.15) is 5.69 Å². The van der Waals surface area contributed by atoms with Gasteiger partial charge in [-0.1, -0.05) is 20.8 Å². The molecule has 0 spiro atoms. The van der Waals surface area contributed by atoms with Gasteiger partial charge in [0.25, 0.3) is 5.91 Å². The monoisotopic (exact) mass is 267 g/mol. The SMILES string of the molecule is CCc1cc(C(=O)NC(CC(=O)O)C(C)C)n(C)n1. The Kier molecular flexibility index (Phi) is 5.09. The molecule has 6 heteroatoms. The van der Waals surface area contributed by atoms with Gasteiger partial charge in [-0.15, -0.1) is 0 Å². The van der Waals surface area contributed by atoms with Crippen molar-refractivity contribution in [1.29, 1.82) is 0 Å². The van der Waals surface area contributed by atoms with E-state index in [-0.39, 0.29) is 24.3 Å². The molecule has 2 N–H and O–H groups in total. The summed E-state index contributed by atoms with van der Waals surface area (Å²) in [6, 6.07) is 1.35. The lowest BCUT2D eigenvalue weighted by molar-refractivity contribution is -0.137. The third kappa shape index (κ3) is 4.08. The van der Waals surface area contributed by atoms with Crippen molar-refractivity contribution in [2.75, 3.05) is 0 Å². The van der Waals surface area contributed by atoms with Crippen molar-refractivity contribution in [3.05, 3.63) is 17.5 Å². The van der Waals surface area contributed by atoms with Gasteiger partial charge in [-0.3, -0.25) is 14.3 Å². The number of amides is 1. The summed E-state index contributed by atoms with van der Waals surface area (Å²) < 4.78 is 1.52. The van der Waals surface area contributed by atoms with Gasteiger partial charge in [0.15, 0.2) is 0 Å². The van der Waals surface area contributed by atoms with Crippen molar-refractivity contribution >= 4 is 11.9 Å². The van der Waals surface area contributed by atoms with E-state index in [1.807, 2.05) is 20.8 Å². The Morgan fingerprint density at radius 1 is 1.47 bits per heavy atom. The largest absolute Gasteiger partial charge is 0.481 e. The van der Waals surface area contributed by atoms with E-state index in [1.165, 1.54) is 4.68 Å². The summed E-state index contributed by atoms with van der Waals surface area (Å²) in [5, 5.41) is 15.8. The first-order chi connectivity index (χ1) is 8.85. The van der Waals surface area contributed by atoms with Crippen LogP contribution in [0.1, 0.15) is 43.4 Å². The predicted octanol–water partition coefficient (Wildman–Crippen LogP) is 1.21. The molecule has 0 radical (unpaired) electrons. The van der Waals surface area contributed by atoms with Gasteiger partial charge >= 0.3 is 5.97 Å². The molecule has 1 rings (SSSR count). The minimum absolute atomic E-state index is 0.0546. The summed E-state index contributed by atoms with van der Waals surface area (Å²) in [5.41, 5.74) is 1.29. The fourth-order valence-electron chi connectivity index (χ4n) is 1.80. The minimum atomic E-state index is -0.918. The lowest BCUT2D eigenvalue weighted by Gasteiger charge is -2.20. The van der Waals surface area contributed by atoms with Crippen molar-refractivity contribution in [2.24, 2.45) is 13.0 Å². The van der Waals surface area contributed by atoms with E-state index in [0.29, 0.717) is 5.69 Å². The molecule has 0 aliphatic carbocycles. The van der Waals surface area contributed by atoms with Crippen LogP contribution in [-0.4, -0.2) is 32.8 Å². The predicted molar refractivity (Wildman–Crippen MR) is 70.9 cm³/mol. The highest BCUT2D eigenvalue weighted by molar-refractivity contribution is 5.93. The average Bonchev–Trinajstić information content (AvgIpc) is 2.69. The highest BCUT2D eigenvalue weighted by Gasteiger charge is 2.21. The summed E-state index contributed by atoms with van der Waals surface area (Å²) in [5.74, 6) is -1.15. The molecule has 1 aromatic rings. The molecule has 1 unspecified atom stereocenters. The van der Waals surface area contributed by atoms with Crippen molar-refractivity contribution in [3.63, 3.8) is 0 Å². The zero-order valence-corrected chi connectivity index (χ0v) is 11.8. The first-order valence-electron chi connectivity index (χ1n) is 6.40. The smallest absolute Gasteiger partial charge is 0.305 e. The summed E-state index contributed by atoms with van der Waals surface area (Å²) in [7, 11) is 1.70. The summed E-state index contributed by atoms with van der Waals surface area (Å²) >= 11 is 0. The van der Waals surface area contributed by atoms with Gasteiger partial charge in [-0.2, -0.15) is 5.10 Å². The quantitative estimate of drug-likeness (QED) is 0.811. The van der Waals surface area contributed by atoms with Crippen LogP contribution in [0.4, 0.5) is 0 Å². The molecule has 0 saturated heterocycles. The Labute approximate surface area is 112 Å². The first-order valence-corrected chi connectivity index (χ1v) is 6.40. The molecule has 0 bridgehead atoms. The standard InChI is InChI=1S/C13H21N3O3/c1-5-9-6-11(16(4)15-9)13(19)14-10(8(2)3)7-12(17)18/h6,8,10H,5,7H2,1-4H3,(H,14,19)(H,17,18). The van der Waals surface area contributed by atoms with Gasteiger partial charge in [-0.25, -0.2) is 0 Å². The average molecular weight is 267 g/mol. The fraction of sp³-hybridized carbons (Fsp3) is 0.615. The molecule has 0 aliphatic rings. The number of aryl methyl sites for hydroxylation is 2. The number of aromatic nitrogens is 2. The number of carbonyl (C=O) groups is 2. The maximum absolute atomic E-state index is 12.1. The number of rotatable bonds is 6. The molecule has 19 heavy (non-hydrogen) atoms. The molecule has 6 nitrogen and oxygen atoms in total. The molecule has 0 fully saturated rings. The van der Waals surface area contributed by atoms with Crippen LogP contribution < -0.4 is 5.32 Å². The number of hydrogen-bond acceptors (Lipinski definition) is 3. The van der Waals surface area contributed by atoms with Crippen molar-refractivity contribution < 1.29 is 14.7 Å². The van der Waals surface area contributed by atoms with E-state index < -0.39 is 5.97 Å². The molecular weight excluding hydrogens is 246 g/mol. The molecule has 1 heterocycles. The van der Waals surface area contributed by atoms with Crippen LogP contribution in [0.5, 0.6) is 0 Å². The molecule has 0 aliphatic heterocycles. The van der Waals surface area contributed by atoms with Gasteiger partial charge in [0.05, 0.1) is 12.1 Å². The molecule has 0 saturated carbocycles. The zero-order valence-electron chi connectivity index (χ0n) is 11.8. The highest BCUT2D eigenvalue weighted by Crippen LogP contribution is 2.09.